The van der Waals surface area contributed by atoms with Gasteiger partial charge >= 0.3 is 10.1 Å². The molecule has 0 N–H and O–H groups in total. The van der Waals surface area contributed by atoms with Crippen LogP contribution in [0.5, 0.6) is 5.75 Å². The Balaban J connectivity index is 1.50. The van der Waals surface area contributed by atoms with E-state index in [0.717, 1.165) is 11.3 Å². The van der Waals surface area contributed by atoms with Gasteiger partial charge in [-0.15, -0.1) is 0 Å². The maximum absolute atomic E-state index is 12.5. The van der Waals surface area contributed by atoms with Gasteiger partial charge in [0.1, 0.15) is 10.6 Å². The largest absolute Gasteiger partial charge is 0.379 e. The standard InChI is InChI=1S/C25H19O3S2/c26-30(27,23-10-2-1-3-11-23)28-21-14-16-22(17-15-21)29-24-12-6-4-8-19(24)18-20-9-5-7-13-25(20)29/h1-17H,18H2/q+1. The number of fused-ring (bicyclic) bond motifs is 2. The van der Waals surface area contributed by atoms with E-state index in [1.54, 1.807) is 30.3 Å². The molecule has 0 radical (unpaired) electrons. The Morgan fingerprint density at radius 1 is 0.633 bits per heavy atom. The van der Waals surface area contributed by atoms with Crippen molar-refractivity contribution in [3.63, 3.8) is 0 Å². The van der Waals surface area contributed by atoms with Gasteiger partial charge in [0.2, 0.25) is 0 Å². The minimum atomic E-state index is -3.85. The van der Waals surface area contributed by atoms with Crippen molar-refractivity contribution >= 4 is 21.0 Å². The highest BCUT2D eigenvalue weighted by atomic mass is 32.2. The summed E-state index contributed by atoms with van der Waals surface area (Å²) in [5.74, 6) is 0.310. The number of rotatable bonds is 4. The molecular formula is C25H19O3S2+. The van der Waals surface area contributed by atoms with Crippen molar-refractivity contribution in [2.75, 3.05) is 0 Å². The number of benzene rings is 4. The summed E-state index contributed by atoms with van der Waals surface area (Å²) in [4.78, 5) is 3.92. The molecule has 0 aliphatic carbocycles. The Morgan fingerprint density at radius 2 is 1.17 bits per heavy atom. The van der Waals surface area contributed by atoms with Crippen LogP contribution in [0.3, 0.4) is 0 Å². The van der Waals surface area contributed by atoms with E-state index in [4.69, 9.17) is 4.18 Å². The topological polar surface area (TPSA) is 43.4 Å². The zero-order valence-electron chi connectivity index (χ0n) is 16.1. The third-order valence-electron chi connectivity index (χ3n) is 5.06. The Labute approximate surface area is 179 Å². The zero-order valence-corrected chi connectivity index (χ0v) is 17.7. The second kappa shape index (κ2) is 7.67. The molecule has 0 saturated heterocycles. The summed E-state index contributed by atoms with van der Waals surface area (Å²) in [6.45, 7) is 0. The van der Waals surface area contributed by atoms with Gasteiger partial charge in [0.25, 0.3) is 0 Å². The van der Waals surface area contributed by atoms with Crippen LogP contribution in [-0.4, -0.2) is 8.42 Å². The summed E-state index contributed by atoms with van der Waals surface area (Å²) in [5, 5.41) is 0. The molecule has 148 valence electrons. The molecule has 0 atom stereocenters. The van der Waals surface area contributed by atoms with E-state index in [1.807, 2.05) is 12.1 Å². The summed E-state index contributed by atoms with van der Waals surface area (Å²) in [6.07, 6.45) is 0.937. The summed E-state index contributed by atoms with van der Waals surface area (Å²) >= 11 is 0. The molecule has 5 heteroatoms. The average Bonchev–Trinajstić information content (AvgIpc) is 2.78. The molecule has 0 fully saturated rings. The first-order chi connectivity index (χ1) is 14.6. The van der Waals surface area contributed by atoms with Crippen LogP contribution in [0.25, 0.3) is 0 Å². The molecule has 4 aromatic rings. The van der Waals surface area contributed by atoms with E-state index >= 15 is 0 Å². The van der Waals surface area contributed by atoms with Gasteiger partial charge in [0.15, 0.2) is 14.7 Å². The monoisotopic (exact) mass is 431 g/mol. The lowest BCUT2D eigenvalue weighted by Crippen LogP contribution is -2.15. The summed E-state index contributed by atoms with van der Waals surface area (Å²) in [7, 11) is -4.08. The predicted octanol–water partition coefficient (Wildman–Crippen LogP) is 5.45. The van der Waals surface area contributed by atoms with Crippen molar-refractivity contribution in [3.8, 4) is 5.75 Å². The third-order valence-corrected chi connectivity index (χ3v) is 8.74. The minimum Gasteiger partial charge on any atom is -0.379 e. The lowest BCUT2D eigenvalue weighted by Gasteiger charge is -2.19. The lowest BCUT2D eigenvalue weighted by atomic mass is 10.0. The lowest BCUT2D eigenvalue weighted by molar-refractivity contribution is 0.486. The number of hydrogen-bond acceptors (Lipinski definition) is 3. The molecule has 0 aromatic heterocycles. The van der Waals surface area contributed by atoms with Gasteiger partial charge in [-0.2, -0.15) is 8.42 Å². The van der Waals surface area contributed by atoms with Crippen LogP contribution < -0.4 is 4.18 Å². The highest BCUT2D eigenvalue weighted by Gasteiger charge is 2.36. The van der Waals surface area contributed by atoms with Crippen molar-refractivity contribution in [2.45, 2.75) is 26.0 Å². The number of hydrogen-bond donors (Lipinski definition) is 0. The van der Waals surface area contributed by atoms with Crippen LogP contribution in [0, 0.1) is 0 Å². The Bertz CT molecular complexity index is 1250. The van der Waals surface area contributed by atoms with Gasteiger partial charge in [-0.3, -0.25) is 0 Å². The summed E-state index contributed by atoms with van der Waals surface area (Å²) in [5.41, 5.74) is 2.68. The van der Waals surface area contributed by atoms with Gasteiger partial charge in [-0.25, -0.2) is 0 Å². The fraction of sp³-hybridized carbons (Fsp3) is 0.0400. The van der Waals surface area contributed by atoms with Crippen molar-refractivity contribution in [1.29, 1.82) is 0 Å². The molecule has 1 aliphatic heterocycles. The molecule has 0 unspecified atom stereocenters. The third kappa shape index (κ3) is 3.51. The van der Waals surface area contributed by atoms with Crippen LogP contribution in [-0.2, 0) is 27.4 Å². The smallest absolute Gasteiger partial charge is 0.339 e. The molecule has 30 heavy (non-hydrogen) atoms. The van der Waals surface area contributed by atoms with Crippen molar-refractivity contribution < 1.29 is 12.6 Å². The summed E-state index contributed by atoms with van der Waals surface area (Å²) in [6, 6.07) is 32.7. The molecule has 1 heterocycles. The molecule has 3 nitrogen and oxygen atoms in total. The van der Waals surface area contributed by atoms with E-state index in [1.165, 1.54) is 33.1 Å². The molecule has 0 bridgehead atoms. The fourth-order valence-electron chi connectivity index (χ4n) is 3.67. The molecule has 5 rings (SSSR count). The maximum Gasteiger partial charge on any atom is 0.339 e. The molecule has 0 amide bonds. The van der Waals surface area contributed by atoms with Gasteiger partial charge < -0.3 is 4.18 Å². The van der Waals surface area contributed by atoms with Gasteiger partial charge in [0, 0.05) is 17.5 Å². The van der Waals surface area contributed by atoms with Crippen LogP contribution in [0.15, 0.2) is 123 Å². The first-order valence-corrected chi connectivity index (χ1v) is 12.2. The molecular weight excluding hydrogens is 412 g/mol. The average molecular weight is 432 g/mol. The van der Waals surface area contributed by atoms with Gasteiger partial charge in [0.05, 0.1) is 10.9 Å². The second-order valence-electron chi connectivity index (χ2n) is 7.02. The van der Waals surface area contributed by atoms with Crippen molar-refractivity contribution in [1.82, 2.24) is 0 Å². The normalized spacial score (nSPS) is 13.3. The molecule has 1 aliphatic rings. The van der Waals surface area contributed by atoms with Crippen LogP contribution in [0.2, 0.25) is 0 Å². The van der Waals surface area contributed by atoms with Crippen molar-refractivity contribution in [2.24, 2.45) is 0 Å². The minimum absolute atomic E-state index is 0.145. The van der Waals surface area contributed by atoms with Gasteiger partial charge in [-0.1, -0.05) is 54.6 Å². The van der Waals surface area contributed by atoms with E-state index < -0.39 is 10.1 Å². The van der Waals surface area contributed by atoms with E-state index in [-0.39, 0.29) is 15.8 Å². The molecule has 4 aromatic carbocycles. The zero-order chi connectivity index (χ0) is 20.6. The maximum atomic E-state index is 12.5. The highest BCUT2D eigenvalue weighted by Crippen LogP contribution is 2.40. The van der Waals surface area contributed by atoms with Crippen molar-refractivity contribution in [3.05, 3.63) is 114 Å². The fourth-order valence-corrected chi connectivity index (χ4v) is 7.01. The van der Waals surface area contributed by atoms with Crippen LogP contribution in [0.4, 0.5) is 0 Å². The second-order valence-corrected chi connectivity index (χ2v) is 10.5. The SMILES string of the molecule is O=S(=O)(Oc1ccc([S+]2c3ccccc3Cc3ccccc32)cc1)c1ccccc1. The quantitative estimate of drug-likeness (QED) is 0.281. The first kappa shape index (κ1) is 19.0. The van der Waals surface area contributed by atoms with E-state index in [0.29, 0.717) is 5.75 Å². The first-order valence-electron chi connectivity index (χ1n) is 9.61. The Morgan fingerprint density at radius 3 is 1.77 bits per heavy atom. The van der Waals surface area contributed by atoms with Crippen LogP contribution in [0.1, 0.15) is 11.1 Å². The molecule has 0 saturated carbocycles. The molecule has 0 spiro atoms. The highest BCUT2D eigenvalue weighted by molar-refractivity contribution is 7.97. The van der Waals surface area contributed by atoms with E-state index in [2.05, 4.69) is 48.5 Å². The van der Waals surface area contributed by atoms with Crippen LogP contribution >= 0.6 is 0 Å². The Kier molecular flexibility index (Phi) is 4.85. The predicted molar refractivity (Wildman–Crippen MR) is 119 cm³/mol. The van der Waals surface area contributed by atoms with E-state index in [9.17, 15) is 8.42 Å². The van der Waals surface area contributed by atoms with Gasteiger partial charge in [-0.05, 0) is 48.5 Å². The Hall–Kier alpha value is -3.02. The summed E-state index contributed by atoms with van der Waals surface area (Å²) < 4.78 is 30.3.